The van der Waals surface area contributed by atoms with E-state index in [0.717, 1.165) is 25.2 Å². The van der Waals surface area contributed by atoms with Crippen molar-refractivity contribution < 1.29 is 9.53 Å². The van der Waals surface area contributed by atoms with Gasteiger partial charge in [0.1, 0.15) is 6.33 Å². The van der Waals surface area contributed by atoms with Gasteiger partial charge in [-0.15, -0.1) is 5.10 Å². The van der Waals surface area contributed by atoms with Gasteiger partial charge in [-0.1, -0.05) is 0 Å². The zero-order valence-electron chi connectivity index (χ0n) is 17.6. The van der Waals surface area contributed by atoms with E-state index in [2.05, 4.69) is 25.7 Å². The van der Waals surface area contributed by atoms with Crippen molar-refractivity contribution in [1.29, 1.82) is 0 Å². The first-order chi connectivity index (χ1) is 15.0. The van der Waals surface area contributed by atoms with Gasteiger partial charge in [-0.3, -0.25) is 19.1 Å². The van der Waals surface area contributed by atoms with Gasteiger partial charge in [0, 0.05) is 43.5 Å². The van der Waals surface area contributed by atoms with E-state index in [-0.39, 0.29) is 17.5 Å². The normalized spacial score (nSPS) is 15.5. The molecule has 10 heteroatoms. The molecule has 1 fully saturated rings. The first-order valence-corrected chi connectivity index (χ1v) is 10.2. The molecule has 1 N–H and O–H groups in total. The summed E-state index contributed by atoms with van der Waals surface area (Å²) >= 11 is 0. The summed E-state index contributed by atoms with van der Waals surface area (Å²) in [5, 5.41) is 14.3. The fraction of sp³-hybridized carbons (Fsp3) is 0.381. The average Bonchev–Trinajstić information content (AvgIpc) is 3.29. The molecule has 10 nitrogen and oxygen atoms in total. The molecule has 0 spiro atoms. The SMILES string of the molecule is Cc1ccn(-c2cc(C(=O)NC(C)CN3CCOCC3)cc(-n3cnnn3)c2)c(=O)c1. The second-order valence-corrected chi connectivity index (χ2v) is 7.69. The van der Waals surface area contributed by atoms with Crippen molar-refractivity contribution in [2.45, 2.75) is 19.9 Å². The number of ether oxygens (including phenoxy) is 1. The average molecular weight is 423 g/mol. The summed E-state index contributed by atoms with van der Waals surface area (Å²) in [4.78, 5) is 27.8. The minimum absolute atomic E-state index is 0.0483. The van der Waals surface area contributed by atoms with Crippen molar-refractivity contribution in [2.24, 2.45) is 0 Å². The molecule has 0 saturated carbocycles. The Morgan fingerprint density at radius 1 is 1.19 bits per heavy atom. The highest BCUT2D eigenvalue weighted by atomic mass is 16.5. The maximum atomic E-state index is 13.0. The quantitative estimate of drug-likeness (QED) is 0.618. The van der Waals surface area contributed by atoms with Crippen LogP contribution in [0, 0.1) is 6.92 Å². The molecule has 31 heavy (non-hydrogen) atoms. The first kappa shape index (κ1) is 20.9. The van der Waals surface area contributed by atoms with Gasteiger partial charge in [-0.25, -0.2) is 4.68 Å². The van der Waals surface area contributed by atoms with Gasteiger partial charge < -0.3 is 10.1 Å². The van der Waals surface area contributed by atoms with E-state index in [0.29, 0.717) is 30.2 Å². The third-order valence-corrected chi connectivity index (χ3v) is 5.14. The van der Waals surface area contributed by atoms with Crippen molar-refractivity contribution in [2.75, 3.05) is 32.8 Å². The second kappa shape index (κ2) is 9.19. The third-order valence-electron chi connectivity index (χ3n) is 5.14. The Morgan fingerprint density at radius 2 is 1.97 bits per heavy atom. The predicted molar refractivity (Wildman–Crippen MR) is 114 cm³/mol. The molecule has 1 saturated heterocycles. The molecular weight excluding hydrogens is 398 g/mol. The second-order valence-electron chi connectivity index (χ2n) is 7.69. The number of benzene rings is 1. The lowest BCUT2D eigenvalue weighted by Crippen LogP contribution is -2.46. The first-order valence-electron chi connectivity index (χ1n) is 10.2. The van der Waals surface area contributed by atoms with Crippen LogP contribution in [0.1, 0.15) is 22.8 Å². The van der Waals surface area contributed by atoms with E-state index in [4.69, 9.17) is 4.74 Å². The number of tetrazole rings is 1. The fourth-order valence-electron chi connectivity index (χ4n) is 3.59. The van der Waals surface area contributed by atoms with Crippen molar-refractivity contribution in [1.82, 2.24) is 35.0 Å². The van der Waals surface area contributed by atoms with Crippen molar-refractivity contribution in [3.63, 3.8) is 0 Å². The van der Waals surface area contributed by atoms with Crippen LogP contribution in [0.15, 0.2) is 47.7 Å². The number of rotatable bonds is 6. The molecule has 1 aliphatic rings. The maximum absolute atomic E-state index is 13.0. The molecule has 1 atom stereocenters. The van der Waals surface area contributed by atoms with Crippen LogP contribution in [0.3, 0.4) is 0 Å². The number of hydrogen-bond donors (Lipinski definition) is 1. The Balaban J connectivity index is 1.62. The molecule has 0 radical (unpaired) electrons. The maximum Gasteiger partial charge on any atom is 0.255 e. The van der Waals surface area contributed by atoms with E-state index in [1.165, 1.54) is 15.6 Å². The third kappa shape index (κ3) is 5.04. The number of nitrogens with zero attached hydrogens (tertiary/aromatic N) is 6. The smallest absolute Gasteiger partial charge is 0.255 e. The van der Waals surface area contributed by atoms with Crippen molar-refractivity contribution >= 4 is 5.91 Å². The predicted octanol–water partition coefficient (Wildman–Crippen LogP) is 0.572. The molecule has 2 aromatic heterocycles. The zero-order valence-corrected chi connectivity index (χ0v) is 17.6. The standard InChI is InChI=1S/C21H25N7O3/c1-15-3-4-27(20(29)9-15)18-10-17(11-19(12-18)28-14-22-24-25-28)21(30)23-16(2)13-26-5-7-31-8-6-26/h3-4,9-12,14,16H,5-8,13H2,1-2H3,(H,23,30). The number of pyridine rings is 1. The van der Waals surface area contributed by atoms with Crippen LogP contribution >= 0.6 is 0 Å². The van der Waals surface area contributed by atoms with Crippen molar-refractivity contribution in [3.05, 3.63) is 64.3 Å². The lowest BCUT2D eigenvalue weighted by Gasteiger charge is -2.29. The Morgan fingerprint density at radius 3 is 2.68 bits per heavy atom. The van der Waals surface area contributed by atoms with Crippen LogP contribution in [0.5, 0.6) is 0 Å². The Kier molecular flexibility index (Phi) is 6.19. The van der Waals surface area contributed by atoms with Gasteiger partial charge in [0.15, 0.2) is 0 Å². The molecule has 1 unspecified atom stereocenters. The minimum atomic E-state index is -0.225. The molecule has 1 amide bonds. The zero-order chi connectivity index (χ0) is 21.8. The van der Waals surface area contributed by atoms with E-state index < -0.39 is 0 Å². The Bertz CT molecular complexity index is 1100. The fourth-order valence-corrected chi connectivity index (χ4v) is 3.59. The minimum Gasteiger partial charge on any atom is -0.379 e. The van der Waals surface area contributed by atoms with Gasteiger partial charge in [-0.2, -0.15) is 0 Å². The topological polar surface area (TPSA) is 107 Å². The van der Waals surface area contributed by atoms with Crippen LogP contribution in [0.4, 0.5) is 0 Å². The van der Waals surface area contributed by atoms with Gasteiger partial charge >= 0.3 is 0 Å². The highest BCUT2D eigenvalue weighted by Crippen LogP contribution is 2.17. The molecule has 0 bridgehead atoms. The van der Waals surface area contributed by atoms with Gasteiger partial charge in [-0.05, 0) is 54.1 Å². The van der Waals surface area contributed by atoms with Gasteiger partial charge in [0.2, 0.25) is 0 Å². The highest BCUT2D eigenvalue weighted by Gasteiger charge is 2.17. The molecule has 162 valence electrons. The van der Waals surface area contributed by atoms with Crippen molar-refractivity contribution in [3.8, 4) is 11.4 Å². The summed E-state index contributed by atoms with van der Waals surface area (Å²) in [5.74, 6) is -0.225. The number of aromatic nitrogens is 5. The summed E-state index contributed by atoms with van der Waals surface area (Å²) in [6.45, 7) is 7.71. The summed E-state index contributed by atoms with van der Waals surface area (Å²) in [7, 11) is 0. The largest absolute Gasteiger partial charge is 0.379 e. The molecule has 0 aliphatic carbocycles. The van der Waals surface area contributed by atoms with Crippen LogP contribution in [0.25, 0.3) is 11.4 Å². The molecule has 3 aromatic rings. The number of amides is 1. The van der Waals surface area contributed by atoms with Crippen LogP contribution in [0.2, 0.25) is 0 Å². The number of morpholine rings is 1. The number of aryl methyl sites for hydroxylation is 1. The Hall–Kier alpha value is -3.37. The van der Waals surface area contributed by atoms with E-state index in [1.807, 2.05) is 19.9 Å². The lowest BCUT2D eigenvalue weighted by atomic mass is 10.1. The lowest BCUT2D eigenvalue weighted by molar-refractivity contribution is 0.0342. The summed E-state index contributed by atoms with van der Waals surface area (Å²) in [5.41, 5.74) is 2.25. The van der Waals surface area contributed by atoms with Gasteiger partial charge in [0.25, 0.3) is 11.5 Å². The number of carbonyl (C=O) groups excluding carboxylic acids is 1. The van der Waals surface area contributed by atoms with Crippen LogP contribution in [-0.2, 0) is 4.74 Å². The summed E-state index contributed by atoms with van der Waals surface area (Å²) in [6.07, 6.45) is 3.14. The van der Waals surface area contributed by atoms with Crippen LogP contribution < -0.4 is 10.9 Å². The molecular formula is C21H25N7O3. The summed E-state index contributed by atoms with van der Waals surface area (Å²) < 4.78 is 8.33. The Labute approximate surface area is 179 Å². The van der Waals surface area contributed by atoms with E-state index >= 15 is 0 Å². The molecule has 1 aliphatic heterocycles. The van der Waals surface area contributed by atoms with E-state index in [9.17, 15) is 9.59 Å². The number of carbonyl (C=O) groups is 1. The molecule has 3 heterocycles. The monoisotopic (exact) mass is 423 g/mol. The molecule has 4 rings (SSSR count). The van der Waals surface area contributed by atoms with E-state index in [1.54, 1.807) is 30.5 Å². The number of hydrogen-bond acceptors (Lipinski definition) is 7. The molecule has 1 aromatic carbocycles. The number of nitrogens with one attached hydrogen (secondary N) is 1. The summed E-state index contributed by atoms with van der Waals surface area (Å²) in [6, 6.07) is 8.51. The van der Waals surface area contributed by atoms with Gasteiger partial charge in [0.05, 0.1) is 24.6 Å². The van der Waals surface area contributed by atoms with Crippen LogP contribution in [-0.4, -0.2) is 74.5 Å². The highest BCUT2D eigenvalue weighted by molar-refractivity contribution is 5.95.